The smallest absolute Gasteiger partial charge is 0.309 e. The molecular formula is C30H40ClNO3. The molecule has 6 rings (SSSR count). The molecule has 2 bridgehead atoms. The lowest BCUT2D eigenvalue weighted by molar-refractivity contribution is -0.224. The van der Waals surface area contributed by atoms with E-state index in [1.54, 1.807) is 0 Å². The number of nitrogens with zero attached hydrogens (tertiary/aromatic N) is 1. The van der Waals surface area contributed by atoms with E-state index >= 15 is 0 Å². The fraction of sp³-hybridized carbons (Fsp3) is 0.667. The molecule has 2 atom stereocenters. The van der Waals surface area contributed by atoms with Crippen molar-refractivity contribution >= 4 is 23.5 Å². The second kappa shape index (κ2) is 8.10. The van der Waals surface area contributed by atoms with E-state index < -0.39 is 11.4 Å². The quantitative estimate of drug-likeness (QED) is 0.454. The van der Waals surface area contributed by atoms with Crippen LogP contribution in [0.3, 0.4) is 0 Å². The molecule has 0 spiro atoms. The highest BCUT2D eigenvalue weighted by Gasteiger charge is 2.75. The summed E-state index contributed by atoms with van der Waals surface area (Å²) >= 11 is 6.83. The number of halogens is 1. The van der Waals surface area contributed by atoms with Crippen molar-refractivity contribution in [3.8, 4) is 0 Å². The van der Waals surface area contributed by atoms with Gasteiger partial charge in [-0.3, -0.25) is 9.59 Å². The lowest BCUT2D eigenvalue weighted by atomic mass is 9.38. The highest BCUT2D eigenvalue weighted by Crippen LogP contribution is 2.71. The van der Waals surface area contributed by atoms with Crippen LogP contribution in [-0.4, -0.2) is 27.4 Å². The van der Waals surface area contributed by atoms with Crippen molar-refractivity contribution in [1.29, 1.82) is 0 Å². The fourth-order valence-corrected chi connectivity index (χ4v) is 7.57. The molecule has 4 fully saturated rings. The highest BCUT2D eigenvalue weighted by atomic mass is 35.5. The molecule has 5 aliphatic rings. The van der Waals surface area contributed by atoms with Gasteiger partial charge in [-0.25, -0.2) is 0 Å². The molecule has 0 saturated heterocycles. The van der Waals surface area contributed by atoms with Gasteiger partial charge in [0, 0.05) is 23.1 Å². The molecule has 4 nitrogen and oxygen atoms in total. The summed E-state index contributed by atoms with van der Waals surface area (Å²) in [6.45, 7) is 11.3. The van der Waals surface area contributed by atoms with E-state index in [2.05, 4.69) is 59.0 Å². The summed E-state index contributed by atoms with van der Waals surface area (Å²) in [7, 11) is 0. The van der Waals surface area contributed by atoms with Gasteiger partial charge < -0.3 is 10.0 Å². The van der Waals surface area contributed by atoms with Gasteiger partial charge >= 0.3 is 5.97 Å². The number of aryl methyl sites for hydroxylation is 1. The molecule has 35 heavy (non-hydrogen) atoms. The monoisotopic (exact) mass is 497 g/mol. The third kappa shape index (κ3) is 3.95. The first-order chi connectivity index (χ1) is 16.3. The van der Waals surface area contributed by atoms with Gasteiger partial charge in [0.15, 0.2) is 0 Å². The lowest BCUT2D eigenvalue weighted by Gasteiger charge is -2.71. The van der Waals surface area contributed by atoms with Crippen molar-refractivity contribution in [2.45, 2.75) is 103 Å². The molecule has 4 saturated carbocycles. The minimum Gasteiger partial charge on any atom is -0.481 e. The number of aliphatic carboxylic acids is 1. The van der Waals surface area contributed by atoms with Crippen molar-refractivity contribution in [3.63, 3.8) is 0 Å². The van der Waals surface area contributed by atoms with Gasteiger partial charge in [0.1, 0.15) is 0 Å². The molecule has 4 aliphatic carbocycles. The molecule has 1 aromatic carbocycles. The Hall–Kier alpha value is -1.81. The molecule has 190 valence electrons. The number of carbonyl (C=O) groups is 2. The second-order valence-corrected chi connectivity index (χ2v) is 14.0. The van der Waals surface area contributed by atoms with Gasteiger partial charge in [0.25, 0.3) is 0 Å². The number of hydrogen-bond acceptors (Lipinski definition) is 2. The van der Waals surface area contributed by atoms with Crippen molar-refractivity contribution in [2.75, 3.05) is 0 Å². The number of fused-ring (bicyclic) bond motifs is 1. The van der Waals surface area contributed by atoms with Gasteiger partial charge in [0.05, 0.1) is 11.0 Å². The molecule has 1 aliphatic heterocycles. The first-order valence-electron chi connectivity index (χ1n) is 13.4. The van der Waals surface area contributed by atoms with Crippen molar-refractivity contribution in [3.05, 3.63) is 46.1 Å². The standard InChI is InChI=1S/C30H40ClNO3/c1-19(2)21-9-11-30(22-7-6-20(24(31)13-22)8-10-27(3,4)5)14-25(33)32(15-23(30)12-21)29-16-28(17-29,18-29)26(34)35/h6-7,13,15,19,21H,8-12,14,16-18H2,1-5H3,(H,34,35)/t21?,28?,29?,30-/m1/s1. The van der Waals surface area contributed by atoms with E-state index in [0.717, 1.165) is 37.1 Å². The largest absolute Gasteiger partial charge is 0.481 e. The van der Waals surface area contributed by atoms with Crippen molar-refractivity contribution in [2.24, 2.45) is 22.7 Å². The Kier molecular flexibility index (Phi) is 5.75. The number of allylic oxidation sites excluding steroid dienone is 1. The fourth-order valence-electron chi connectivity index (χ4n) is 7.30. The van der Waals surface area contributed by atoms with Gasteiger partial charge in [0.2, 0.25) is 5.91 Å². The van der Waals surface area contributed by atoms with Gasteiger partial charge in [-0.05, 0) is 91.4 Å². The highest BCUT2D eigenvalue weighted by molar-refractivity contribution is 6.31. The Morgan fingerprint density at radius 1 is 1.23 bits per heavy atom. The van der Waals surface area contributed by atoms with Crippen LogP contribution >= 0.6 is 11.6 Å². The summed E-state index contributed by atoms with van der Waals surface area (Å²) in [6, 6.07) is 6.53. The number of carboxylic acids is 1. The average Bonchev–Trinajstić information content (AvgIpc) is 2.69. The average molecular weight is 498 g/mol. The zero-order chi connectivity index (χ0) is 25.4. The van der Waals surface area contributed by atoms with Crippen LogP contribution in [0.25, 0.3) is 0 Å². The molecule has 0 aromatic heterocycles. The summed E-state index contributed by atoms with van der Waals surface area (Å²) in [5.41, 5.74) is 2.80. The SMILES string of the molecule is CC(C)C1CC[C@]2(c3ccc(CCC(C)(C)C)c(Cl)c3)CC(=O)N(C34CC(C(=O)O)(C3)C4)C=C2C1. The molecule has 1 unspecified atom stereocenters. The van der Waals surface area contributed by atoms with Crippen LogP contribution in [0.5, 0.6) is 0 Å². The predicted octanol–water partition coefficient (Wildman–Crippen LogP) is 7.14. The minimum absolute atomic E-state index is 0.142. The maximum absolute atomic E-state index is 13.6. The molecule has 1 heterocycles. The van der Waals surface area contributed by atoms with Crippen LogP contribution in [0.4, 0.5) is 0 Å². The summed E-state index contributed by atoms with van der Waals surface area (Å²) in [5, 5.41) is 10.4. The number of amides is 1. The third-order valence-corrected chi connectivity index (χ3v) is 10.1. The Bertz CT molecular complexity index is 1080. The summed E-state index contributed by atoms with van der Waals surface area (Å²) in [5.74, 6) is 0.630. The maximum Gasteiger partial charge on any atom is 0.309 e. The number of hydrogen-bond donors (Lipinski definition) is 1. The molecule has 1 amide bonds. The Labute approximate surface area is 215 Å². The van der Waals surface area contributed by atoms with Gasteiger partial charge in [-0.2, -0.15) is 0 Å². The first kappa shape index (κ1) is 24.9. The Morgan fingerprint density at radius 3 is 2.49 bits per heavy atom. The van der Waals surface area contributed by atoms with E-state index in [0.29, 0.717) is 37.5 Å². The molecule has 0 radical (unpaired) electrons. The number of benzene rings is 1. The van der Waals surface area contributed by atoms with E-state index in [9.17, 15) is 14.7 Å². The third-order valence-electron chi connectivity index (χ3n) is 9.71. The van der Waals surface area contributed by atoms with E-state index in [1.807, 2.05) is 4.90 Å². The molecule has 1 aromatic rings. The first-order valence-corrected chi connectivity index (χ1v) is 13.7. The Balaban J connectivity index is 1.47. The van der Waals surface area contributed by atoms with Crippen LogP contribution in [0.15, 0.2) is 30.0 Å². The van der Waals surface area contributed by atoms with E-state index in [1.165, 1.54) is 16.7 Å². The zero-order valence-corrected chi connectivity index (χ0v) is 22.7. The maximum atomic E-state index is 13.6. The van der Waals surface area contributed by atoms with Crippen LogP contribution in [-0.2, 0) is 21.4 Å². The van der Waals surface area contributed by atoms with Crippen molar-refractivity contribution in [1.82, 2.24) is 4.90 Å². The molecular weight excluding hydrogens is 458 g/mol. The lowest BCUT2D eigenvalue weighted by Crippen LogP contribution is -2.77. The predicted molar refractivity (Wildman–Crippen MR) is 139 cm³/mol. The summed E-state index contributed by atoms with van der Waals surface area (Å²) in [4.78, 5) is 27.3. The van der Waals surface area contributed by atoms with Gasteiger partial charge in [-0.1, -0.05) is 58.4 Å². The number of carbonyl (C=O) groups excluding carboxylic acids is 1. The van der Waals surface area contributed by atoms with Crippen LogP contribution in [0.1, 0.15) is 97.1 Å². The topological polar surface area (TPSA) is 57.6 Å². The van der Waals surface area contributed by atoms with E-state index in [4.69, 9.17) is 11.6 Å². The van der Waals surface area contributed by atoms with Crippen LogP contribution in [0, 0.1) is 22.7 Å². The molecule has 1 N–H and O–H groups in total. The molecule has 5 heteroatoms. The number of carboxylic acid groups (broad SMARTS) is 1. The Morgan fingerprint density at radius 2 is 1.91 bits per heavy atom. The van der Waals surface area contributed by atoms with Crippen molar-refractivity contribution < 1.29 is 14.7 Å². The van der Waals surface area contributed by atoms with Gasteiger partial charge in [-0.15, -0.1) is 0 Å². The zero-order valence-electron chi connectivity index (χ0n) is 21.9. The second-order valence-electron chi connectivity index (χ2n) is 13.6. The van der Waals surface area contributed by atoms with Crippen LogP contribution in [0.2, 0.25) is 5.02 Å². The van der Waals surface area contributed by atoms with Crippen LogP contribution < -0.4 is 0 Å². The minimum atomic E-state index is -0.704. The van der Waals surface area contributed by atoms with E-state index in [-0.39, 0.29) is 22.3 Å². The number of rotatable bonds is 6. The summed E-state index contributed by atoms with van der Waals surface area (Å²) < 4.78 is 0. The summed E-state index contributed by atoms with van der Waals surface area (Å²) in [6.07, 6.45) is 9.49. The normalized spacial score (nSPS) is 34.1.